The van der Waals surface area contributed by atoms with Gasteiger partial charge >= 0.3 is 0 Å². The molecule has 1 aliphatic rings. The third-order valence-electron chi connectivity index (χ3n) is 5.05. The maximum Gasteiger partial charge on any atom is 0.251 e. The first-order valence-electron chi connectivity index (χ1n) is 8.58. The first-order valence-corrected chi connectivity index (χ1v) is 8.58. The number of carbonyl (C=O) groups excluding carboxylic acids is 1. The summed E-state index contributed by atoms with van der Waals surface area (Å²) in [5.41, 5.74) is 4.18. The van der Waals surface area contributed by atoms with Crippen LogP contribution in [0.1, 0.15) is 35.5 Å². The lowest BCUT2D eigenvalue weighted by atomic mass is 10.0. The molecular formula is C19H27N3O2. The molecule has 2 aromatic rings. The number of aromatic nitrogens is 1. The van der Waals surface area contributed by atoms with E-state index in [1.807, 2.05) is 18.2 Å². The Kier molecular flexibility index (Phi) is 4.65. The van der Waals surface area contributed by atoms with Gasteiger partial charge < -0.3 is 15.0 Å². The molecule has 5 heteroatoms. The van der Waals surface area contributed by atoms with E-state index in [0.717, 1.165) is 42.9 Å². The van der Waals surface area contributed by atoms with E-state index in [9.17, 15) is 4.79 Å². The van der Waals surface area contributed by atoms with Crippen molar-refractivity contribution in [2.45, 2.75) is 33.2 Å². The summed E-state index contributed by atoms with van der Waals surface area (Å²) in [7, 11) is 0. The average Bonchev–Trinajstić information content (AvgIpc) is 2.83. The molecule has 0 bridgehead atoms. The lowest BCUT2D eigenvalue weighted by molar-refractivity contribution is -0.0498. The van der Waals surface area contributed by atoms with E-state index in [0.29, 0.717) is 12.1 Å². The Balaban J connectivity index is 1.62. The van der Waals surface area contributed by atoms with Crippen molar-refractivity contribution in [1.82, 2.24) is 15.2 Å². The van der Waals surface area contributed by atoms with Gasteiger partial charge in [0.05, 0.1) is 13.2 Å². The summed E-state index contributed by atoms with van der Waals surface area (Å²) < 4.78 is 5.53. The molecule has 0 radical (unpaired) electrons. The number of amides is 1. The molecule has 24 heavy (non-hydrogen) atoms. The Bertz CT molecular complexity index is 748. The Morgan fingerprint density at radius 2 is 2.17 bits per heavy atom. The highest BCUT2D eigenvalue weighted by molar-refractivity contribution is 5.99. The normalized spacial score (nSPS) is 18.0. The van der Waals surface area contributed by atoms with Crippen LogP contribution in [0.2, 0.25) is 0 Å². The number of aryl methyl sites for hydroxylation is 2. The summed E-state index contributed by atoms with van der Waals surface area (Å²) in [6.45, 7) is 12.4. The van der Waals surface area contributed by atoms with Gasteiger partial charge in [-0.25, -0.2) is 0 Å². The van der Waals surface area contributed by atoms with E-state index < -0.39 is 0 Å². The molecule has 1 aromatic heterocycles. The van der Waals surface area contributed by atoms with Crippen LogP contribution in [0.15, 0.2) is 18.2 Å². The first-order chi connectivity index (χ1) is 11.4. The topological polar surface area (TPSA) is 57.4 Å². The van der Waals surface area contributed by atoms with Gasteiger partial charge in [-0.15, -0.1) is 0 Å². The Morgan fingerprint density at radius 1 is 1.38 bits per heavy atom. The monoisotopic (exact) mass is 329 g/mol. The van der Waals surface area contributed by atoms with Crippen molar-refractivity contribution < 1.29 is 9.53 Å². The second-order valence-corrected chi connectivity index (χ2v) is 7.24. The van der Waals surface area contributed by atoms with Crippen molar-refractivity contribution in [3.8, 4) is 0 Å². The Hall–Kier alpha value is -1.85. The molecular weight excluding hydrogens is 302 g/mol. The van der Waals surface area contributed by atoms with Gasteiger partial charge in [0.15, 0.2) is 0 Å². The number of nitrogens with zero attached hydrogens (tertiary/aromatic N) is 1. The predicted octanol–water partition coefficient (Wildman–Crippen LogP) is 2.63. The number of hydrogen-bond acceptors (Lipinski definition) is 3. The number of H-pyrrole nitrogens is 1. The maximum absolute atomic E-state index is 12.4. The molecule has 5 nitrogen and oxygen atoms in total. The van der Waals surface area contributed by atoms with Crippen molar-refractivity contribution >= 4 is 16.8 Å². The molecule has 2 heterocycles. The molecule has 1 amide bonds. The smallest absolute Gasteiger partial charge is 0.251 e. The fourth-order valence-corrected chi connectivity index (χ4v) is 3.31. The standard InChI is InChI=1S/C19H27N3O2/c1-13-14(2)21-17-6-5-15(11-16(13)17)18(23)20-7-8-22-9-10-24-12-19(22,3)4/h5-6,11,21H,7-10,12H2,1-4H3,(H,20,23). The third kappa shape index (κ3) is 3.32. The summed E-state index contributed by atoms with van der Waals surface area (Å²) in [5, 5.41) is 4.16. The van der Waals surface area contributed by atoms with Crippen molar-refractivity contribution in [1.29, 1.82) is 0 Å². The lowest BCUT2D eigenvalue weighted by Gasteiger charge is -2.42. The largest absolute Gasteiger partial charge is 0.378 e. The number of ether oxygens (including phenoxy) is 1. The number of rotatable bonds is 4. The van der Waals surface area contributed by atoms with Gasteiger partial charge in [0, 0.05) is 47.3 Å². The molecule has 1 aromatic carbocycles. The van der Waals surface area contributed by atoms with Crippen molar-refractivity contribution in [2.24, 2.45) is 0 Å². The zero-order valence-corrected chi connectivity index (χ0v) is 15.0. The molecule has 1 aliphatic heterocycles. The van der Waals surface area contributed by atoms with E-state index in [1.165, 1.54) is 5.56 Å². The number of benzene rings is 1. The molecule has 0 saturated carbocycles. The number of fused-ring (bicyclic) bond motifs is 1. The number of aromatic amines is 1. The highest BCUT2D eigenvalue weighted by Crippen LogP contribution is 2.22. The molecule has 0 spiro atoms. The summed E-state index contributed by atoms with van der Waals surface area (Å²) in [6.07, 6.45) is 0. The highest BCUT2D eigenvalue weighted by Gasteiger charge is 2.29. The zero-order chi connectivity index (χ0) is 17.3. The summed E-state index contributed by atoms with van der Waals surface area (Å²) in [4.78, 5) is 18.2. The van der Waals surface area contributed by atoms with Gasteiger partial charge in [-0.1, -0.05) is 0 Å². The minimum absolute atomic E-state index is 0.0128. The van der Waals surface area contributed by atoms with Gasteiger partial charge in [-0.2, -0.15) is 0 Å². The highest BCUT2D eigenvalue weighted by atomic mass is 16.5. The summed E-state index contributed by atoms with van der Waals surface area (Å²) in [5.74, 6) is -0.0128. The Labute approximate surface area is 143 Å². The van der Waals surface area contributed by atoms with Crippen LogP contribution < -0.4 is 5.32 Å². The summed E-state index contributed by atoms with van der Waals surface area (Å²) >= 11 is 0. The fraction of sp³-hybridized carbons (Fsp3) is 0.526. The maximum atomic E-state index is 12.4. The van der Waals surface area contributed by atoms with E-state index in [4.69, 9.17) is 4.74 Å². The quantitative estimate of drug-likeness (QED) is 0.906. The van der Waals surface area contributed by atoms with Crippen LogP contribution in [-0.2, 0) is 4.74 Å². The molecule has 1 saturated heterocycles. The number of nitrogens with one attached hydrogen (secondary N) is 2. The fourth-order valence-electron chi connectivity index (χ4n) is 3.31. The first kappa shape index (κ1) is 17.0. The molecule has 0 atom stereocenters. The van der Waals surface area contributed by atoms with Gasteiger partial charge in [-0.05, 0) is 51.5 Å². The van der Waals surface area contributed by atoms with Crippen LogP contribution in [0, 0.1) is 13.8 Å². The van der Waals surface area contributed by atoms with Crippen LogP contribution >= 0.6 is 0 Å². The zero-order valence-electron chi connectivity index (χ0n) is 15.0. The van der Waals surface area contributed by atoms with E-state index >= 15 is 0 Å². The summed E-state index contributed by atoms with van der Waals surface area (Å²) in [6, 6.07) is 5.84. The van der Waals surface area contributed by atoms with Crippen molar-refractivity contribution in [2.75, 3.05) is 32.8 Å². The molecule has 2 N–H and O–H groups in total. The minimum Gasteiger partial charge on any atom is -0.378 e. The molecule has 1 fully saturated rings. The number of carbonyl (C=O) groups is 1. The number of morpholine rings is 1. The SMILES string of the molecule is Cc1[nH]c2ccc(C(=O)NCCN3CCOCC3(C)C)cc2c1C. The molecule has 130 valence electrons. The van der Waals surface area contributed by atoms with Gasteiger partial charge in [-0.3, -0.25) is 9.69 Å². The van der Waals surface area contributed by atoms with Crippen LogP contribution in [-0.4, -0.2) is 54.2 Å². The van der Waals surface area contributed by atoms with Crippen molar-refractivity contribution in [3.63, 3.8) is 0 Å². The van der Waals surface area contributed by atoms with Crippen LogP contribution in [0.3, 0.4) is 0 Å². The second kappa shape index (κ2) is 6.57. The van der Waals surface area contributed by atoms with Gasteiger partial charge in [0.1, 0.15) is 0 Å². The van der Waals surface area contributed by atoms with Gasteiger partial charge in [0.25, 0.3) is 5.91 Å². The predicted molar refractivity (Wildman–Crippen MR) is 96.6 cm³/mol. The van der Waals surface area contributed by atoms with E-state index in [2.05, 4.69) is 42.9 Å². The lowest BCUT2D eigenvalue weighted by Crippen LogP contribution is -2.54. The Morgan fingerprint density at radius 3 is 2.92 bits per heavy atom. The van der Waals surface area contributed by atoms with Crippen LogP contribution in [0.5, 0.6) is 0 Å². The second-order valence-electron chi connectivity index (χ2n) is 7.24. The molecule has 0 aliphatic carbocycles. The van der Waals surface area contributed by atoms with E-state index in [1.54, 1.807) is 0 Å². The third-order valence-corrected chi connectivity index (χ3v) is 5.05. The van der Waals surface area contributed by atoms with Gasteiger partial charge in [0.2, 0.25) is 0 Å². The average molecular weight is 329 g/mol. The minimum atomic E-state index is -0.0128. The van der Waals surface area contributed by atoms with Crippen molar-refractivity contribution in [3.05, 3.63) is 35.0 Å². The molecule has 3 rings (SSSR count). The van der Waals surface area contributed by atoms with E-state index in [-0.39, 0.29) is 11.4 Å². The van der Waals surface area contributed by atoms with Crippen LogP contribution in [0.25, 0.3) is 10.9 Å². The molecule has 0 unspecified atom stereocenters. The number of hydrogen-bond donors (Lipinski definition) is 2. The van der Waals surface area contributed by atoms with Crippen LogP contribution in [0.4, 0.5) is 0 Å².